The lowest BCUT2D eigenvalue weighted by atomic mass is 10.0. The lowest BCUT2D eigenvalue weighted by molar-refractivity contribution is 0.615. The molecule has 2 rings (SSSR count). The molecule has 0 radical (unpaired) electrons. The first kappa shape index (κ1) is 10.3. The quantitative estimate of drug-likeness (QED) is 0.648. The SMILES string of the molecule is CCCCCCc1cccc2occc12. The molecule has 0 N–H and O–H groups in total. The molecule has 1 aromatic carbocycles. The summed E-state index contributed by atoms with van der Waals surface area (Å²) < 4.78 is 5.39. The van der Waals surface area contributed by atoms with Crippen molar-refractivity contribution >= 4 is 11.0 Å². The van der Waals surface area contributed by atoms with Crippen LogP contribution >= 0.6 is 0 Å². The molecule has 0 amide bonds. The number of furan rings is 1. The van der Waals surface area contributed by atoms with E-state index in [1.807, 2.05) is 6.07 Å². The van der Waals surface area contributed by atoms with E-state index < -0.39 is 0 Å². The standard InChI is InChI=1S/C14H18O/c1-2-3-4-5-7-12-8-6-9-14-13(12)10-11-15-14/h6,8-11H,2-5,7H2,1H3. The molecular formula is C14H18O. The Kier molecular flexibility index (Phi) is 3.44. The fraction of sp³-hybridized carbons (Fsp3) is 0.429. The van der Waals surface area contributed by atoms with Crippen LogP contribution < -0.4 is 0 Å². The van der Waals surface area contributed by atoms with Crippen LogP contribution in [0.2, 0.25) is 0 Å². The zero-order chi connectivity index (χ0) is 10.5. The highest BCUT2D eigenvalue weighted by atomic mass is 16.3. The molecule has 0 aliphatic carbocycles. The van der Waals surface area contributed by atoms with E-state index >= 15 is 0 Å². The first-order chi connectivity index (χ1) is 7.42. The predicted octanol–water partition coefficient (Wildman–Crippen LogP) is 4.56. The van der Waals surface area contributed by atoms with Crippen molar-refractivity contribution in [3.05, 3.63) is 36.1 Å². The largest absolute Gasteiger partial charge is 0.464 e. The number of fused-ring (bicyclic) bond motifs is 1. The molecule has 0 atom stereocenters. The fourth-order valence-corrected chi connectivity index (χ4v) is 2.02. The third kappa shape index (κ3) is 2.41. The Labute approximate surface area is 91.1 Å². The highest BCUT2D eigenvalue weighted by Crippen LogP contribution is 2.21. The number of aryl methyl sites for hydroxylation is 1. The molecule has 1 nitrogen and oxygen atoms in total. The minimum atomic E-state index is 1.02. The van der Waals surface area contributed by atoms with Gasteiger partial charge in [0.2, 0.25) is 0 Å². The molecule has 0 spiro atoms. The van der Waals surface area contributed by atoms with Crippen molar-refractivity contribution in [2.45, 2.75) is 39.0 Å². The molecule has 0 aliphatic rings. The minimum Gasteiger partial charge on any atom is -0.464 e. The average Bonchev–Trinajstić information content (AvgIpc) is 2.73. The molecule has 0 unspecified atom stereocenters. The van der Waals surface area contributed by atoms with Gasteiger partial charge in [-0.05, 0) is 30.5 Å². The van der Waals surface area contributed by atoms with Crippen LogP contribution in [0.25, 0.3) is 11.0 Å². The van der Waals surface area contributed by atoms with Gasteiger partial charge in [-0.2, -0.15) is 0 Å². The van der Waals surface area contributed by atoms with Crippen LogP contribution in [0.1, 0.15) is 38.2 Å². The number of unbranched alkanes of at least 4 members (excludes halogenated alkanes) is 3. The molecule has 80 valence electrons. The predicted molar refractivity (Wildman–Crippen MR) is 64.1 cm³/mol. The average molecular weight is 202 g/mol. The van der Waals surface area contributed by atoms with Gasteiger partial charge in [0.05, 0.1) is 6.26 Å². The second-order valence-corrected chi connectivity index (χ2v) is 4.06. The summed E-state index contributed by atoms with van der Waals surface area (Å²) in [6, 6.07) is 8.40. The summed E-state index contributed by atoms with van der Waals surface area (Å²) in [5.41, 5.74) is 2.44. The van der Waals surface area contributed by atoms with E-state index in [0.717, 1.165) is 5.58 Å². The van der Waals surface area contributed by atoms with E-state index in [4.69, 9.17) is 4.42 Å². The molecule has 1 heterocycles. The Hall–Kier alpha value is -1.24. The Morgan fingerprint density at radius 2 is 2.00 bits per heavy atom. The third-order valence-electron chi connectivity index (χ3n) is 2.89. The van der Waals surface area contributed by atoms with Gasteiger partial charge in [-0.25, -0.2) is 0 Å². The van der Waals surface area contributed by atoms with Gasteiger partial charge >= 0.3 is 0 Å². The molecule has 1 heteroatoms. The van der Waals surface area contributed by atoms with Gasteiger partial charge in [-0.15, -0.1) is 0 Å². The maximum absolute atomic E-state index is 5.39. The molecule has 15 heavy (non-hydrogen) atoms. The van der Waals surface area contributed by atoms with Crippen LogP contribution in [0.4, 0.5) is 0 Å². The monoisotopic (exact) mass is 202 g/mol. The van der Waals surface area contributed by atoms with E-state index in [9.17, 15) is 0 Å². The van der Waals surface area contributed by atoms with Crippen LogP contribution in [0, 0.1) is 0 Å². The van der Waals surface area contributed by atoms with E-state index in [0.29, 0.717) is 0 Å². The van der Waals surface area contributed by atoms with Crippen LogP contribution in [-0.2, 0) is 6.42 Å². The zero-order valence-electron chi connectivity index (χ0n) is 9.33. The zero-order valence-corrected chi connectivity index (χ0v) is 9.33. The van der Waals surface area contributed by atoms with E-state index in [-0.39, 0.29) is 0 Å². The number of rotatable bonds is 5. The first-order valence-corrected chi connectivity index (χ1v) is 5.87. The molecule has 0 bridgehead atoms. The van der Waals surface area contributed by atoms with Crippen molar-refractivity contribution in [1.29, 1.82) is 0 Å². The van der Waals surface area contributed by atoms with E-state index in [2.05, 4.69) is 25.1 Å². The van der Waals surface area contributed by atoms with Crippen molar-refractivity contribution in [1.82, 2.24) is 0 Å². The maximum atomic E-state index is 5.39. The maximum Gasteiger partial charge on any atom is 0.134 e. The van der Waals surface area contributed by atoms with Gasteiger partial charge < -0.3 is 4.42 Å². The van der Waals surface area contributed by atoms with Crippen LogP contribution in [0.3, 0.4) is 0 Å². The van der Waals surface area contributed by atoms with Gasteiger partial charge in [0.1, 0.15) is 5.58 Å². The Morgan fingerprint density at radius 1 is 1.07 bits per heavy atom. The highest BCUT2D eigenvalue weighted by molar-refractivity contribution is 5.80. The number of benzene rings is 1. The summed E-state index contributed by atoms with van der Waals surface area (Å²) in [5.74, 6) is 0. The summed E-state index contributed by atoms with van der Waals surface area (Å²) in [7, 11) is 0. The molecule has 0 saturated heterocycles. The second-order valence-electron chi connectivity index (χ2n) is 4.06. The molecule has 2 aromatic rings. The van der Waals surface area contributed by atoms with Crippen molar-refractivity contribution in [3.63, 3.8) is 0 Å². The normalized spacial score (nSPS) is 11.0. The van der Waals surface area contributed by atoms with Crippen LogP contribution in [0.5, 0.6) is 0 Å². The Morgan fingerprint density at radius 3 is 2.87 bits per heavy atom. The molecule has 0 fully saturated rings. The first-order valence-electron chi connectivity index (χ1n) is 5.87. The highest BCUT2D eigenvalue weighted by Gasteiger charge is 2.02. The summed E-state index contributed by atoms with van der Waals surface area (Å²) in [4.78, 5) is 0. The van der Waals surface area contributed by atoms with Crippen LogP contribution in [0.15, 0.2) is 34.9 Å². The van der Waals surface area contributed by atoms with E-state index in [1.54, 1.807) is 6.26 Å². The van der Waals surface area contributed by atoms with Crippen molar-refractivity contribution < 1.29 is 4.42 Å². The second kappa shape index (κ2) is 5.01. The summed E-state index contributed by atoms with van der Waals surface area (Å²) in [5, 5.41) is 1.29. The van der Waals surface area contributed by atoms with Crippen molar-refractivity contribution in [3.8, 4) is 0 Å². The Bertz CT molecular complexity index is 414. The van der Waals surface area contributed by atoms with Crippen molar-refractivity contribution in [2.24, 2.45) is 0 Å². The molecule has 0 aliphatic heterocycles. The van der Waals surface area contributed by atoms with Gasteiger partial charge in [0.15, 0.2) is 0 Å². The van der Waals surface area contributed by atoms with Crippen LogP contribution in [-0.4, -0.2) is 0 Å². The summed E-state index contributed by atoms with van der Waals surface area (Å²) in [6.45, 7) is 2.25. The van der Waals surface area contributed by atoms with Gasteiger partial charge in [-0.3, -0.25) is 0 Å². The number of hydrogen-bond donors (Lipinski definition) is 0. The van der Waals surface area contributed by atoms with Gasteiger partial charge in [0, 0.05) is 5.39 Å². The molecule has 0 saturated carbocycles. The topological polar surface area (TPSA) is 13.1 Å². The smallest absolute Gasteiger partial charge is 0.134 e. The minimum absolute atomic E-state index is 1.02. The lowest BCUT2D eigenvalue weighted by Crippen LogP contribution is -1.86. The van der Waals surface area contributed by atoms with E-state index in [1.165, 1.54) is 43.1 Å². The molecular weight excluding hydrogens is 184 g/mol. The molecule has 1 aromatic heterocycles. The summed E-state index contributed by atoms with van der Waals surface area (Å²) in [6.07, 6.45) is 8.23. The van der Waals surface area contributed by atoms with Gasteiger partial charge in [-0.1, -0.05) is 38.3 Å². The summed E-state index contributed by atoms with van der Waals surface area (Å²) >= 11 is 0. The Balaban J connectivity index is 2.04. The van der Waals surface area contributed by atoms with Gasteiger partial charge in [0.25, 0.3) is 0 Å². The number of hydrogen-bond acceptors (Lipinski definition) is 1. The van der Waals surface area contributed by atoms with Crippen molar-refractivity contribution in [2.75, 3.05) is 0 Å². The lowest BCUT2D eigenvalue weighted by Gasteiger charge is -2.02. The third-order valence-corrected chi connectivity index (χ3v) is 2.89. The fourth-order valence-electron chi connectivity index (χ4n) is 2.02.